The fourth-order valence-electron chi connectivity index (χ4n) is 3.99. The van der Waals surface area contributed by atoms with Gasteiger partial charge in [0, 0.05) is 43.5 Å². The Morgan fingerprint density at radius 1 is 1.40 bits per heavy atom. The molecule has 140 valence electrons. The molecule has 1 fully saturated rings. The quantitative estimate of drug-likeness (QED) is 0.756. The fraction of sp³-hybridized carbons (Fsp3) is 0.778. The smallest absolute Gasteiger partial charge is 0.237 e. The molecule has 5 nitrogen and oxygen atoms in total. The third-order valence-electron chi connectivity index (χ3n) is 5.22. The van der Waals surface area contributed by atoms with Crippen LogP contribution in [-0.2, 0) is 17.8 Å². The number of carbonyl (C=O) groups excluding carboxylic acids is 1. The minimum Gasteiger partial charge on any atom is -0.337 e. The molecule has 0 bridgehead atoms. The van der Waals surface area contributed by atoms with E-state index in [-0.39, 0.29) is 5.91 Å². The molecule has 0 spiro atoms. The predicted octanol–water partition coefficient (Wildman–Crippen LogP) is 2.88. The van der Waals surface area contributed by atoms with Crippen LogP contribution in [-0.4, -0.2) is 71.4 Å². The molecule has 0 aromatic carbocycles. The SMILES string of the molecule is CCCN(C)CC1CCCCN1C(=O)CN1CCc2nc(Cl)sc2C1. The number of thiazole rings is 1. The van der Waals surface area contributed by atoms with Gasteiger partial charge in [-0.2, -0.15) is 0 Å². The number of likely N-dealkylation sites (N-methyl/N-ethyl adjacent to an activating group) is 1. The Balaban J connectivity index is 1.57. The molecular formula is C18H29ClN4OS. The molecule has 1 aromatic heterocycles. The van der Waals surface area contributed by atoms with Crippen LogP contribution in [0.3, 0.4) is 0 Å². The van der Waals surface area contributed by atoms with Crippen molar-refractivity contribution in [1.82, 2.24) is 19.7 Å². The highest BCUT2D eigenvalue weighted by Crippen LogP contribution is 2.28. The van der Waals surface area contributed by atoms with Crippen molar-refractivity contribution in [3.63, 3.8) is 0 Å². The maximum atomic E-state index is 13.0. The first-order valence-electron chi connectivity index (χ1n) is 9.41. The molecule has 1 unspecified atom stereocenters. The number of piperidine rings is 1. The molecule has 0 aliphatic carbocycles. The Morgan fingerprint density at radius 2 is 2.24 bits per heavy atom. The molecule has 1 atom stereocenters. The minimum atomic E-state index is 0.286. The summed E-state index contributed by atoms with van der Waals surface area (Å²) in [6.45, 7) is 7.43. The van der Waals surface area contributed by atoms with Crippen molar-refractivity contribution in [2.75, 3.05) is 39.8 Å². The van der Waals surface area contributed by atoms with Gasteiger partial charge in [0.25, 0.3) is 0 Å². The highest BCUT2D eigenvalue weighted by Gasteiger charge is 2.29. The van der Waals surface area contributed by atoms with E-state index in [9.17, 15) is 4.79 Å². The van der Waals surface area contributed by atoms with Crippen molar-refractivity contribution < 1.29 is 4.79 Å². The number of aromatic nitrogens is 1. The van der Waals surface area contributed by atoms with Crippen molar-refractivity contribution in [1.29, 1.82) is 0 Å². The molecule has 3 heterocycles. The first-order valence-corrected chi connectivity index (χ1v) is 10.6. The van der Waals surface area contributed by atoms with E-state index in [1.807, 2.05) is 0 Å². The van der Waals surface area contributed by atoms with Gasteiger partial charge in [0.1, 0.15) is 0 Å². The summed E-state index contributed by atoms with van der Waals surface area (Å²) in [5, 5.41) is 0. The second-order valence-electron chi connectivity index (χ2n) is 7.30. The largest absolute Gasteiger partial charge is 0.337 e. The van der Waals surface area contributed by atoms with Crippen LogP contribution < -0.4 is 0 Å². The zero-order valence-corrected chi connectivity index (χ0v) is 16.9. The Labute approximate surface area is 159 Å². The molecule has 3 rings (SSSR count). The Hall–Kier alpha value is -0.690. The summed E-state index contributed by atoms with van der Waals surface area (Å²) in [5.74, 6) is 0.286. The predicted molar refractivity (Wildman–Crippen MR) is 103 cm³/mol. The maximum absolute atomic E-state index is 13.0. The molecule has 0 N–H and O–H groups in total. The van der Waals surface area contributed by atoms with Crippen LogP contribution in [0.15, 0.2) is 0 Å². The van der Waals surface area contributed by atoms with Gasteiger partial charge in [-0.1, -0.05) is 18.5 Å². The second kappa shape index (κ2) is 8.80. The lowest BCUT2D eigenvalue weighted by atomic mass is 10.0. The highest BCUT2D eigenvalue weighted by atomic mass is 35.5. The molecule has 7 heteroatoms. The summed E-state index contributed by atoms with van der Waals surface area (Å²) in [6, 6.07) is 0.371. The van der Waals surface area contributed by atoms with Gasteiger partial charge >= 0.3 is 0 Å². The highest BCUT2D eigenvalue weighted by molar-refractivity contribution is 7.15. The van der Waals surface area contributed by atoms with E-state index in [0.717, 1.165) is 64.1 Å². The molecule has 1 amide bonds. The average molecular weight is 385 g/mol. The van der Waals surface area contributed by atoms with Crippen LogP contribution in [0.2, 0.25) is 4.47 Å². The summed E-state index contributed by atoms with van der Waals surface area (Å²) in [7, 11) is 2.17. The van der Waals surface area contributed by atoms with Gasteiger partial charge < -0.3 is 9.80 Å². The third kappa shape index (κ3) is 4.94. The molecule has 0 radical (unpaired) electrons. The Bertz CT molecular complexity index is 594. The molecule has 1 aromatic rings. The lowest BCUT2D eigenvalue weighted by molar-refractivity contribution is -0.136. The fourth-order valence-corrected chi connectivity index (χ4v) is 5.24. The number of amides is 1. The van der Waals surface area contributed by atoms with Crippen LogP contribution in [0.1, 0.15) is 43.2 Å². The average Bonchev–Trinajstić information content (AvgIpc) is 2.94. The van der Waals surface area contributed by atoms with E-state index >= 15 is 0 Å². The topological polar surface area (TPSA) is 39.7 Å². The lowest BCUT2D eigenvalue weighted by Gasteiger charge is -2.39. The van der Waals surface area contributed by atoms with Gasteiger partial charge in [-0.05, 0) is 39.3 Å². The Morgan fingerprint density at radius 3 is 3.04 bits per heavy atom. The molecule has 2 aliphatic rings. The van der Waals surface area contributed by atoms with E-state index < -0.39 is 0 Å². The number of halogens is 1. The van der Waals surface area contributed by atoms with E-state index in [4.69, 9.17) is 11.6 Å². The van der Waals surface area contributed by atoms with E-state index in [2.05, 4.69) is 33.7 Å². The number of hydrogen-bond donors (Lipinski definition) is 0. The van der Waals surface area contributed by atoms with E-state index in [0.29, 0.717) is 17.1 Å². The van der Waals surface area contributed by atoms with Crippen LogP contribution >= 0.6 is 22.9 Å². The zero-order chi connectivity index (χ0) is 17.8. The van der Waals surface area contributed by atoms with Crippen LogP contribution in [0.5, 0.6) is 0 Å². The van der Waals surface area contributed by atoms with Gasteiger partial charge in [-0.3, -0.25) is 9.69 Å². The van der Waals surface area contributed by atoms with Crippen molar-refractivity contribution in [2.24, 2.45) is 0 Å². The number of nitrogens with zero attached hydrogens (tertiary/aromatic N) is 4. The normalized spacial score (nSPS) is 21.6. The number of rotatable bonds is 6. The first kappa shape index (κ1) is 19.1. The minimum absolute atomic E-state index is 0.286. The third-order valence-corrected chi connectivity index (χ3v) is 6.41. The maximum Gasteiger partial charge on any atom is 0.237 e. The summed E-state index contributed by atoms with van der Waals surface area (Å²) < 4.78 is 0.619. The zero-order valence-electron chi connectivity index (χ0n) is 15.3. The molecule has 2 aliphatic heterocycles. The van der Waals surface area contributed by atoms with Gasteiger partial charge in [0.05, 0.1) is 12.2 Å². The first-order chi connectivity index (χ1) is 12.1. The number of fused-ring (bicyclic) bond motifs is 1. The number of carbonyl (C=O) groups is 1. The molecular weight excluding hydrogens is 356 g/mol. The van der Waals surface area contributed by atoms with Gasteiger partial charge in [-0.15, -0.1) is 11.3 Å². The van der Waals surface area contributed by atoms with Crippen LogP contribution in [0.25, 0.3) is 0 Å². The summed E-state index contributed by atoms with van der Waals surface area (Å²) in [5.41, 5.74) is 1.12. The van der Waals surface area contributed by atoms with Crippen molar-refractivity contribution in [3.05, 3.63) is 15.0 Å². The van der Waals surface area contributed by atoms with Crippen LogP contribution in [0.4, 0.5) is 0 Å². The van der Waals surface area contributed by atoms with Crippen LogP contribution in [0, 0.1) is 0 Å². The van der Waals surface area contributed by atoms with Gasteiger partial charge in [-0.25, -0.2) is 4.98 Å². The number of likely N-dealkylation sites (tertiary alicyclic amines) is 1. The summed E-state index contributed by atoms with van der Waals surface area (Å²) in [6.07, 6.45) is 5.56. The van der Waals surface area contributed by atoms with Crippen molar-refractivity contribution in [3.8, 4) is 0 Å². The second-order valence-corrected chi connectivity index (χ2v) is 8.96. The monoisotopic (exact) mass is 384 g/mol. The van der Waals surface area contributed by atoms with E-state index in [1.165, 1.54) is 11.3 Å². The van der Waals surface area contributed by atoms with Gasteiger partial charge in [0.15, 0.2) is 4.47 Å². The number of hydrogen-bond acceptors (Lipinski definition) is 5. The van der Waals surface area contributed by atoms with Gasteiger partial charge in [0.2, 0.25) is 5.91 Å². The van der Waals surface area contributed by atoms with E-state index in [1.54, 1.807) is 11.3 Å². The standard InChI is InChI=1S/C18H29ClN4OS/c1-3-8-21(2)11-14-6-4-5-9-23(14)17(24)13-22-10-7-15-16(12-22)25-18(19)20-15/h14H,3-13H2,1-2H3. The molecule has 25 heavy (non-hydrogen) atoms. The Kier molecular flexibility index (Phi) is 6.72. The molecule has 1 saturated heterocycles. The lowest BCUT2D eigenvalue weighted by Crippen LogP contribution is -2.52. The molecule has 0 saturated carbocycles. The summed E-state index contributed by atoms with van der Waals surface area (Å²) in [4.78, 5) is 25.3. The van der Waals surface area contributed by atoms with Crippen molar-refractivity contribution >= 4 is 28.8 Å². The summed E-state index contributed by atoms with van der Waals surface area (Å²) >= 11 is 7.58. The van der Waals surface area contributed by atoms with Crippen molar-refractivity contribution in [2.45, 2.75) is 51.6 Å².